The smallest absolute Gasteiger partial charge is 0.255 e. The first-order valence-corrected chi connectivity index (χ1v) is 11.4. The molecule has 1 amide bonds. The Hall–Kier alpha value is -2.38. The highest BCUT2D eigenvalue weighted by Gasteiger charge is 2.18. The van der Waals surface area contributed by atoms with Gasteiger partial charge in [0.25, 0.3) is 5.91 Å². The second kappa shape index (κ2) is 8.32. The number of anilines is 2. The quantitative estimate of drug-likeness (QED) is 0.834. The van der Waals surface area contributed by atoms with Gasteiger partial charge in [0.2, 0.25) is 0 Å². The Kier molecular flexibility index (Phi) is 6.05. The predicted molar refractivity (Wildman–Crippen MR) is 113 cm³/mol. The van der Waals surface area contributed by atoms with E-state index in [2.05, 4.69) is 22.0 Å². The van der Waals surface area contributed by atoms with Gasteiger partial charge in [-0.3, -0.25) is 4.79 Å². The number of nitrogens with one attached hydrogen (secondary N) is 1. The Labute approximate surface area is 167 Å². The van der Waals surface area contributed by atoms with E-state index in [-0.39, 0.29) is 10.8 Å². The van der Waals surface area contributed by atoms with E-state index in [1.165, 1.54) is 17.8 Å². The monoisotopic (exact) mass is 401 g/mol. The van der Waals surface area contributed by atoms with Gasteiger partial charge >= 0.3 is 0 Å². The number of piperazine rings is 1. The number of carbonyl (C=O) groups is 1. The number of likely N-dealkylation sites (N-methyl/N-ethyl adjacent to an activating group) is 1. The zero-order chi connectivity index (χ0) is 20.3. The fraction of sp³-hybridized carbons (Fsp3) is 0.381. The summed E-state index contributed by atoms with van der Waals surface area (Å²) in [6.45, 7) is 9.43. The molecular weight excluding hydrogens is 374 g/mol. The van der Waals surface area contributed by atoms with Gasteiger partial charge in [-0.2, -0.15) is 0 Å². The highest BCUT2D eigenvalue weighted by Crippen LogP contribution is 2.25. The molecule has 2 aromatic carbocycles. The number of hydrogen-bond donors (Lipinski definition) is 1. The van der Waals surface area contributed by atoms with Crippen molar-refractivity contribution in [2.45, 2.75) is 18.7 Å². The van der Waals surface area contributed by atoms with E-state index in [1.807, 2.05) is 25.1 Å². The van der Waals surface area contributed by atoms with Gasteiger partial charge < -0.3 is 15.1 Å². The number of amides is 1. The molecule has 7 heteroatoms. The molecule has 1 aliphatic heterocycles. The van der Waals surface area contributed by atoms with E-state index in [0.29, 0.717) is 11.3 Å². The average molecular weight is 402 g/mol. The molecule has 28 heavy (non-hydrogen) atoms. The van der Waals surface area contributed by atoms with Crippen molar-refractivity contribution in [3.63, 3.8) is 0 Å². The van der Waals surface area contributed by atoms with Crippen LogP contribution in [0.3, 0.4) is 0 Å². The molecule has 0 aromatic heterocycles. The molecule has 1 N–H and O–H groups in total. The zero-order valence-electron chi connectivity index (χ0n) is 16.6. The lowest BCUT2D eigenvalue weighted by Crippen LogP contribution is -2.46. The van der Waals surface area contributed by atoms with Gasteiger partial charge in [-0.15, -0.1) is 0 Å². The van der Waals surface area contributed by atoms with E-state index >= 15 is 0 Å². The van der Waals surface area contributed by atoms with Crippen LogP contribution in [0.15, 0.2) is 47.4 Å². The summed E-state index contributed by atoms with van der Waals surface area (Å²) in [5, 5.41) is 2.86. The van der Waals surface area contributed by atoms with Crippen molar-refractivity contribution in [1.29, 1.82) is 0 Å². The molecule has 2 aromatic rings. The summed E-state index contributed by atoms with van der Waals surface area (Å²) < 4.78 is 23.4. The molecule has 1 fully saturated rings. The van der Waals surface area contributed by atoms with Crippen LogP contribution in [0.1, 0.15) is 22.8 Å². The molecule has 150 valence electrons. The summed E-state index contributed by atoms with van der Waals surface area (Å²) in [5.74, 6) is -0.325. The van der Waals surface area contributed by atoms with Crippen LogP contribution in [0.5, 0.6) is 0 Å². The minimum absolute atomic E-state index is 0.137. The summed E-state index contributed by atoms with van der Waals surface area (Å²) >= 11 is 0. The van der Waals surface area contributed by atoms with E-state index in [0.717, 1.165) is 44.5 Å². The van der Waals surface area contributed by atoms with E-state index in [1.54, 1.807) is 12.1 Å². The SMILES string of the molecule is CCN1CCN(c2ccc(NC(=O)c3cccc(S(C)(=O)=O)c3)cc2C)CC1. The molecule has 0 radical (unpaired) electrons. The molecule has 0 spiro atoms. The number of benzene rings is 2. The van der Waals surface area contributed by atoms with Crippen LogP contribution in [0.2, 0.25) is 0 Å². The Morgan fingerprint density at radius 2 is 1.79 bits per heavy atom. The molecule has 0 saturated carbocycles. The van der Waals surface area contributed by atoms with E-state index < -0.39 is 9.84 Å². The summed E-state index contributed by atoms with van der Waals surface area (Å²) in [5.41, 5.74) is 3.31. The van der Waals surface area contributed by atoms with Gasteiger partial charge in [0, 0.05) is 49.4 Å². The lowest BCUT2D eigenvalue weighted by atomic mass is 10.1. The fourth-order valence-corrected chi connectivity index (χ4v) is 4.13. The van der Waals surface area contributed by atoms with Crippen LogP contribution in [-0.2, 0) is 9.84 Å². The summed E-state index contributed by atoms with van der Waals surface area (Å²) in [7, 11) is -3.35. The largest absolute Gasteiger partial charge is 0.369 e. The molecule has 1 saturated heterocycles. The fourth-order valence-electron chi connectivity index (χ4n) is 3.46. The van der Waals surface area contributed by atoms with Crippen molar-refractivity contribution in [1.82, 2.24) is 4.90 Å². The van der Waals surface area contributed by atoms with Gasteiger partial charge in [0.1, 0.15) is 0 Å². The van der Waals surface area contributed by atoms with Crippen LogP contribution < -0.4 is 10.2 Å². The third-order valence-corrected chi connectivity index (χ3v) is 6.25. The molecule has 1 aliphatic rings. The Morgan fingerprint density at radius 3 is 2.39 bits per heavy atom. The van der Waals surface area contributed by atoms with Gasteiger partial charge in [-0.1, -0.05) is 13.0 Å². The van der Waals surface area contributed by atoms with Gasteiger partial charge in [0.15, 0.2) is 9.84 Å². The molecule has 0 atom stereocenters. The number of carbonyl (C=O) groups excluding carboxylic acids is 1. The van der Waals surface area contributed by atoms with Crippen LogP contribution >= 0.6 is 0 Å². The summed E-state index contributed by atoms with van der Waals surface area (Å²) in [4.78, 5) is 17.5. The molecule has 1 heterocycles. The zero-order valence-corrected chi connectivity index (χ0v) is 17.4. The third kappa shape index (κ3) is 4.72. The van der Waals surface area contributed by atoms with Gasteiger partial charge in [0.05, 0.1) is 4.90 Å². The Morgan fingerprint density at radius 1 is 1.07 bits per heavy atom. The van der Waals surface area contributed by atoms with Crippen LogP contribution in [0.4, 0.5) is 11.4 Å². The number of sulfone groups is 1. The highest BCUT2D eigenvalue weighted by molar-refractivity contribution is 7.90. The minimum atomic E-state index is -3.35. The van der Waals surface area contributed by atoms with Gasteiger partial charge in [-0.05, 0) is 55.4 Å². The highest BCUT2D eigenvalue weighted by atomic mass is 32.2. The maximum atomic E-state index is 12.5. The first kappa shape index (κ1) is 20.4. The first-order valence-electron chi connectivity index (χ1n) is 9.47. The van der Waals surface area contributed by atoms with Crippen molar-refractivity contribution in [2.24, 2.45) is 0 Å². The van der Waals surface area contributed by atoms with Gasteiger partial charge in [-0.25, -0.2) is 8.42 Å². The molecular formula is C21H27N3O3S. The molecule has 0 bridgehead atoms. The minimum Gasteiger partial charge on any atom is -0.369 e. The maximum Gasteiger partial charge on any atom is 0.255 e. The standard InChI is InChI=1S/C21H27N3O3S/c1-4-23-10-12-24(13-11-23)20-9-8-18(14-16(20)2)22-21(25)17-6-5-7-19(15-17)28(3,26)27/h5-9,14-15H,4,10-13H2,1-3H3,(H,22,25). The second-order valence-electron chi connectivity index (χ2n) is 7.18. The van der Waals surface area contributed by atoms with Crippen LogP contribution in [0, 0.1) is 6.92 Å². The van der Waals surface area contributed by atoms with Crippen LogP contribution in [-0.4, -0.2) is 58.2 Å². The summed E-state index contributed by atoms with van der Waals surface area (Å²) in [6.07, 6.45) is 1.13. The first-order chi connectivity index (χ1) is 13.3. The molecule has 0 aliphatic carbocycles. The number of rotatable bonds is 5. The normalized spacial score (nSPS) is 15.5. The van der Waals surface area contributed by atoms with Crippen molar-refractivity contribution in [2.75, 3.05) is 49.2 Å². The average Bonchev–Trinajstić information content (AvgIpc) is 2.68. The Balaban J connectivity index is 1.72. The lowest BCUT2D eigenvalue weighted by molar-refractivity contribution is 0.102. The summed E-state index contributed by atoms with van der Waals surface area (Å²) in [6, 6.07) is 12.0. The van der Waals surface area contributed by atoms with E-state index in [9.17, 15) is 13.2 Å². The third-order valence-electron chi connectivity index (χ3n) is 5.14. The number of nitrogens with zero attached hydrogens (tertiary/aromatic N) is 2. The van der Waals surface area contributed by atoms with Crippen molar-refractivity contribution < 1.29 is 13.2 Å². The lowest BCUT2D eigenvalue weighted by Gasteiger charge is -2.36. The molecule has 6 nitrogen and oxygen atoms in total. The topological polar surface area (TPSA) is 69.7 Å². The number of aryl methyl sites for hydroxylation is 1. The molecule has 0 unspecified atom stereocenters. The van der Waals surface area contributed by atoms with Crippen LogP contribution in [0.25, 0.3) is 0 Å². The predicted octanol–water partition coefficient (Wildman–Crippen LogP) is 2.79. The number of hydrogen-bond acceptors (Lipinski definition) is 5. The Bertz CT molecular complexity index is 965. The second-order valence-corrected chi connectivity index (χ2v) is 9.19. The van der Waals surface area contributed by atoms with Crippen molar-refractivity contribution in [3.05, 3.63) is 53.6 Å². The maximum absolute atomic E-state index is 12.5. The molecule has 3 rings (SSSR count). The van der Waals surface area contributed by atoms with Crippen molar-refractivity contribution >= 4 is 27.1 Å². The van der Waals surface area contributed by atoms with Crippen molar-refractivity contribution in [3.8, 4) is 0 Å². The van der Waals surface area contributed by atoms with E-state index in [4.69, 9.17) is 0 Å².